The van der Waals surface area contributed by atoms with Crippen molar-refractivity contribution < 1.29 is 13.7 Å². The van der Waals surface area contributed by atoms with Crippen molar-refractivity contribution in [1.29, 1.82) is 0 Å². The average Bonchev–Trinajstić information content (AvgIpc) is 2.66. The monoisotopic (exact) mass is 287 g/mol. The number of rotatable bonds is 3. The third-order valence-electron chi connectivity index (χ3n) is 2.53. The first-order valence-corrected chi connectivity index (χ1v) is 5.70. The molecule has 0 fully saturated rings. The number of aromatic nitrogens is 2. The lowest BCUT2D eigenvalue weighted by Gasteiger charge is -2.03. The third-order valence-corrected chi connectivity index (χ3v) is 2.87. The van der Waals surface area contributed by atoms with E-state index in [1.165, 1.54) is 0 Å². The first kappa shape index (κ1) is 13.4. The van der Waals surface area contributed by atoms with E-state index in [2.05, 4.69) is 5.10 Å². The van der Waals surface area contributed by atoms with Gasteiger partial charge in [-0.3, -0.25) is 10.1 Å². The van der Waals surface area contributed by atoms with Crippen molar-refractivity contribution >= 4 is 17.3 Å². The van der Waals surface area contributed by atoms with Gasteiger partial charge < -0.3 is 0 Å². The van der Waals surface area contributed by atoms with Gasteiger partial charge in [0.25, 0.3) is 0 Å². The van der Waals surface area contributed by atoms with Gasteiger partial charge in [-0.1, -0.05) is 18.5 Å². The summed E-state index contributed by atoms with van der Waals surface area (Å²) in [5, 5.41) is 14.5. The molecule has 0 unspecified atom stereocenters. The quantitative estimate of drug-likeness (QED) is 0.643. The number of aryl methyl sites for hydroxylation is 1. The van der Waals surface area contributed by atoms with Gasteiger partial charge in [0.1, 0.15) is 17.2 Å². The second kappa shape index (κ2) is 4.93. The van der Waals surface area contributed by atoms with Crippen LogP contribution in [0.4, 0.5) is 14.5 Å². The van der Waals surface area contributed by atoms with Gasteiger partial charge >= 0.3 is 5.69 Å². The molecular formula is C11H8ClF2N3O2. The first-order valence-electron chi connectivity index (χ1n) is 5.33. The van der Waals surface area contributed by atoms with Gasteiger partial charge in [-0.05, 0) is 18.6 Å². The van der Waals surface area contributed by atoms with Crippen LogP contribution in [-0.4, -0.2) is 14.7 Å². The Kier molecular flexibility index (Phi) is 3.48. The summed E-state index contributed by atoms with van der Waals surface area (Å²) in [7, 11) is 0. The summed E-state index contributed by atoms with van der Waals surface area (Å²) >= 11 is 5.85. The minimum atomic E-state index is -0.901. The van der Waals surface area contributed by atoms with Crippen LogP contribution in [0.3, 0.4) is 0 Å². The maximum atomic E-state index is 13.6. The van der Waals surface area contributed by atoms with Crippen LogP contribution in [0.15, 0.2) is 18.2 Å². The Morgan fingerprint density at radius 2 is 2.16 bits per heavy atom. The summed E-state index contributed by atoms with van der Waals surface area (Å²) in [5.74, 6) is -1.66. The van der Waals surface area contributed by atoms with Crippen LogP contribution in [0, 0.1) is 21.7 Å². The van der Waals surface area contributed by atoms with Gasteiger partial charge in [-0.2, -0.15) is 5.10 Å². The topological polar surface area (TPSA) is 61.0 Å². The van der Waals surface area contributed by atoms with E-state index in [1.54, 1.807) is 6.92 Å². The fourth-order valence-corrected chi connectivity index (χ4v) is 1.97. The fraction of sp³-hybridized carbons (Fsp3) is 0.182. The molecule has 0 aliphatic carbocycles. The van der Waals surface area contributed by atoms with Gasteiger partial charge in [-0.25, -0.2) is 13.5 Å². The second-order valence-electron chi connectivity index (χ2n) is 3.70. The molecule has 100 valence electrons. The summed E-state index contributed by atoms with van der Waals surface area (Å²) in [5.41, 5.74) is -0.374. The lowest BCUT2D eigenvalue weighted by Crippen LogP contribution is -2.01. The zero-order valence-electron chi connectivity index (χ0n) is 9.73. The molecule has 0 amide bonds. The Hall–Kier alpha value is -2.02. The van der Waals surface area contributed by atoms with Gasteiger partial charge in [0.05, 0.1) is 4.92 Å². The van der Waals surface area contributed by atoms with E-state index >= 15 is 0 Å². The first-order chi connectivity index (χ1) is 8.95. The molecule has 2 aromatic rings. The summed E-state index contributed by atoms with van der Waals surface area (Å²) in [6.45, 7) is 1.66. The molecule has 5 nitrogen and oxygen atoms in total. The number of nitrogens with zero attached hydrogens (tertiary/aromatic N) is 3. The maximum Gasteiger partial charge on any atom is 0.329 e. The van der Waals surface area contributed by atoms with E-state index in [1.807, 2.05) is 0 Å². The van der Waals surface area contributed by atoms with E-state index in [0.29, 0.717) is 6.07 Å². The highest BCUT2D eigenvalue weighted by Crippen LogP contribution is 2.31. The number of nitro groups is 1. The van der Waals surface area contributed by atoms with Crippen molar-refractivity contribution in [3.05, 3.63) is 50.8 Å². The van der Waals surface area contributed by atoms with Crippen molar-refractivity contribution in [2.75, 3.05) is 0 Å². The number of hydrogen-bond acceptors (Lipinski definition) is 3. The molecule has 1 aromatic carbocycles. The predicted molar refractivity (Wildman–Crippen MR) is 64.5 cm³/mol. The molecular weight excluding hydrogens is 280 g/mol. The van der Waals surface area contributed by atoms with Crippen LogP contribution in [0.2, 0.25) is 5.15 Å². The average molecular weight is 288 g/mol. The molecule has 0 saturated carbocycles. The Morgan fingerprint density at radius 3 is 2.63 bits per heavy atom. The highest BCUT2D eigenvalue weighted by Gasteiger charge is 2.27. The molecule has 2 rings (SSSR count). The summed E-state index contributed by atoms with van der Waals surface area (Å²) < 4.78 is 27.4. The molecule has 0 atom stereocenters. The van der Waals surface area contributed by atoms with Gasteiger partial charge in [-0.15, -0.1) is 0 Å². The Bertz CT molecular complexity index is 658. The van der Waals surface area contributed by atoms with Crippen molar-refractivity contribution in [3.63, 3.8) is 0 Å². The molecule has 0 aliphatic heterocycles. The lowest BCUT2D eigenvalue weighted by atomic mass is 10.3. The predicted octanol–water partition coefficient (Wildman–Crippen LogP) is 3.27. The van der Waals surface area contributed by atoms with Crippen LogP contribution >= 0.6 is 11.6 Å². The van der Waals surface area contributed by atoms with Crippen LogP contribution in [0.5, 0.6) is 0 Å². The van der Waals surface area contributed by atoms with E-state index < -0.39 is 16.6 Å². The second-order valence-corrected chi connectivity index (χ2v) is 4.06. The molecule has 0 spiro atoms. The van der Waals surface area contributed by atoms with E-state index in [0.717, 1.165) is 16.8 Å². The Morgan fingerprint density at radius 1 is 1.47 bits per heavy atom. The van der Waals surface area contributed by atoms with E-state index in [-0.39, 0.29) is 28.6 Å². The molecule has 0 aliphatic rings. The number of halogens is 3. The third kappa shape index (κ3) is 2.28. The molecule has 1 aromatic heterocycles. The number of hydrogen-bond donors (Lipinski definition) is 0. The normalized spacial score (nSPS) is 10.7. The molecule has 0 bridgehead atoms. The highest BCUT2D eigenvalue weighted by molar-refractivity contribution is 6.32. The standard InChI is InChI=1S/C11H8ClF2N3O2/c1-2-8-10(17(18)19)11(12)16(15-8)9-4-3-6(13)5-7(9)14/h3-5H,2H2,1H3. The SMILES string of the molecule is CCc1nn(-c2ccc(F)cc2F)c(Cl)c1[N+](=O)[O-]. The van der Waals surface area contributed by atoms with Gasteiger partial charge in [0.2, 0.25) is 5.15 Å². The molecule has 0 saturated heterocycles. The Labute approximate surface area is 111 Å². The van der Waals surface area contributed by atoms with Crippen molar-refractivity contribution in [1.82, 2.24) is 9.78 Å². The van der Waals surface area contributed by atoms with Gasteiger partial charge in [0, 0.05) is 6.07 Å². The Balaban J connectivity index is 2.66. The largest absolute Gasteiger partial charge is 0.329 e. The van der Waals surface area contributed by atoms with Gasteiger partial charge in [0.15, 0.2) is 5.82 Å². The zero-order valence-corrected chi connectivity index (χ0v) is 10.5. The smallest absolute Gasteiger partial charge is 0.258 e. The van der Waals surface area contributed by atoms with Crippen molar-refractivity contribution in [2.45, 2.75) is 13.3 Å². The highest BCUT2D eigenvalue weighted by atomic mass is 35.5. The van der Waals surface area contributed by atoms with Crippen molar-refractivity contribution in [2.24, 2.45) is 0 Å². The van der Waals surface area contributed by atoms with E-state index in [4.69, 9.17) is 11.6 Å². The summed E-state index contributed by atoms with van der Waals surface area (Å²) in [6.07, 6.45) is 0.270. The lowest BCUT2D eigenvalue weighted by molar-refractivity contribution is -0.385. The fourth-order valence-electron chi connectivity index (χ4n) is 1.66. The maximum absolute atomic E-state index is 13.6. The van der Waals surface area contributed by atoms with Crippen LogP contribution in [0.25, 0.3) is 5.69 Å². The molecule has 0 N–H and O–H groups in total. The zero-order chi connectivity index (χ0) is 14.2. The van der Waals surface area contributed by atoms with Crippen LogP contribution in [0.1, 0.15) is 12.6 Å². The molecule has 0 radical (unpaired) electrons. The summed E-state index contributed by atoms with van der Waals surface area (Å²) in [6, 6.07) is 2.80. The molecule has 1 heterocycles. The minimum Gasteiger partial charge on any atom is -0.258 e. The minimum absolute atomic E-state index is 0.138. The molecule has 19 heavy (non-hydrogen) atoms. The molecule has 8 heteroatoms. The summed E-state index contributed by atoms with van der Waals surface area (Å²) in [4.78, 5) is 10.2. The number of benzene rings is 1. The van der Waals surface area contributed by atoms with Crippen molar-refractivity contribution in [3.8, 4) is 5.69 Å². The van der Waals surface area contributed by atoms with Crippen LogP contribution < -0.4 is 0 Å². The van der Waals surface area contributed by atoms with E-state index in [9.17, 15) is 18.9 Å². The van der Waals surface area contributed by atoms with Crippen LogP contribution in [-0.2, 0) is 6.42 Å².